The normalized spacial score (nSPS) is 16.1. The number of benzene rings is 3. The van der Waals surface area contributed by atoms with Gasteiger partial charge in [-0.15, -0.1) is 0 Å². The summed E-state index contributed by atoms with van der Waals surface area (Å²) in [7, 11) is -3.21. The monoisotopic (exact) mass is 474 g/mol. The molecule has 0 atom stereocenters. The zero-order valence-corrected chi connectivity index (χ0v) is 19.8. The van der Waals surface area contributed by atoms with Crippen molar-refractivity contribution in [1.82, 2.24) is 9.80 Å². The number of sulfone groups is 1. The number of carbonyl (C=O) groups excluding carboxylic acids is 2. The fraction of sp³-hybridized carbons (Fsp3) is 0.259. The van der Waals surface area contributed by atoms with E-state index in [1.807, 2.05) is 47.4 Å². The van der Waals surface area contributed by atoms with Crippen molar-refractivity contribution < 1.29 is 18.0 Å². The van der Waals surface area contributed by atoms with E-state index in [2.05, 4.69) is 4.90 Å². The number of nitrogens with zero attached hydrogens (tertiary/aromatic N) is 2. The molecule has 6 nitrogen and oxygen atoms in total. The molecular formula is C27H26N2O4S. The van der Waals surface area contributed by atoms with Crippen molar-refractivity contribution in [3.05, 3.63) is 89.0 Å². The van der Waals surface area contributed by atoms with Crippen molar-refractivity contribution in [2.45, 2.75) is 17.9 Å². The summed E-state index contributed by atoms with van der Waals surface area (Å²) >= 11 is 0. The Balaban J connectivity index is 1.31. The van der Waals surface area contributed by atoms with E-state index >= 15 is 0 Å². The summed E-state index contributed by atoms with van der Waals surface area (Å²) in [5, 5.41) is 0. The quantitative estimate of drug-likeness (QED) is 0.451. The van der Waals surface area contributed by atoms with Crippen LogP contribution >= 0.6 is 0 Å². The van der Waals surface area contributed by atoms with Crippen LogP contribution in [-0.2, 0) is 16.4 Å². The van der Waals surface area contributed by atoms with Gasteiger partial charge in [-0.1, -0.05) is 48.5 Å². The molecule has 0 aromatic heterocycles. The summed E-state index contributed by atoms with van der Waals surface area (Å²) in [6.45, 7) is 3.53. The maximum Gasteiger partial charge on any atom is 0.254 e. The molecule has 5 rings (SSSR count). The van der Waals surface area contributed by atoms with Crippen LogP contribution in [0.4, 0.5) is 0 Å². The summed E-state index contributed by atoms with van der Waals surface area (Å²) in [6, 6.07) is 19.9. The van der Waals surface area contributed by atoms with Gasteiger partial charge in [0.25, 0.3) is 5.91 Å². The number of hydrogen-bond acceptors (Lipinski definition) is 5. The molecule has 1 aliphatic heterocycles. The Hall–Kier alpha value is -3.29. The number of carbonyl (C=O) groups is 2. The van der Waals surface area contributed by atoms with Gasteiger partial charge in [-0.05, 0) is 35.7 Å². The van der Waals surface area contributed by atoms with E-state index in [-0.39, 0.29) is 11.7 Å². The highest BCUT2D eigenvalue weighted by atomic mass is 32.2. The molecular weight excluding hydrogens is 448 g/mol. The third-order valence-corrected chi connectivity index (χ3v) is 7.74. The molecule has 3 aromatic rings. The van der Waals surface area contributed by atoms with Crippen molar-refractivity contribution >= 4 is 21.5 Å². The first-order valence-corrected chi connectivity index (χ1v) is 13.3. The van der Waals surface area contributed by atoms with Crippen LogP contribution in [0.1, 0.15) is 38.3 Å². The number of ketones is 1. The van der Waals surface area contributed by atoms with Crippen LogP contribution < -0.4 is 0 Å². The van der Waals surface area contributed by atoms with E-state index in [0.717, 1.165) is 36.2 Å². The van der Waals surface area contributed by atoms with E-state index in [1.165, 1.54) is 6.26 Å². The van der Waals surface area contributed by atoms with E-state index in [0.29, 0.717) is 41.2 Å². The fourth-order valence-electron chi connectivity index (χ4n) is 4.86. The number of rotatable bonds is 4. The minimum absolute atomic E-state index is 0.0239. The lowest BCUT2D eigenvalue weighted by molar-refractivity contribution is 0.0762. The van der Waals surface area contributed by atoms with E-state index in [9.17, 15) is 18.0 Å². The molecule has 0 bridgehead atoms. The largest absolute Gasteiger partial charge is 0.337 e. The van der Waals surface area contributed by atoms with Gasteiger partial charge in [-0.3, -0.25) is 14.5 Å². The summed E-state index contributed by atoms with van der Waals surface area (Å²) in [4.78, 5) is 30.9. The minimum Gasteiger partial charge on any atom is -0.337 e. The fourth-order valence-corrected chi connectivity index (χ4v) is 5.49. The molecule has 0 unspecified atom stereocenters. The minimum atomic E-state index is -3.21. The van der Waals surface area contributed by atoms with Crippen LogP contribution in [0.3, 0.4) is 0 Å². The summed E-state index contributed by atoms with van der Waals surface area (Å²) in [6.07, 6.45) is 2.05. The van der Waals surface area contributed by atoms with Crippen LogP contribution in [0.2, 0.25) is 0 Å². The van der Waals surface area contributed by atoms with Gasteiger partial charge in [0, 0.05) is 61.2 Å². The van der Waals surface area contributed by atoms with Crippen molar-refractivity contribution in [2.24, 2.45) is 0 Å². The average Bonchev–Trinajstić information content (AvgIpc) is 2.97. The molecule has 2 aliphatic rings. The number of hydrogen-bond donors (Lipinski definition) is 0. The molecule has 1 heterocycles. The SMILES string of the molecule is CS(=O)(=O)c1ccc(CN2CCCN(C(=O)c3cccc4c3-c3ccccc3C4=O)CC2)cc1. The first kappa shape index (κ1) is 22.5. The molecule has 1 fully saturated rings. The molecule has 0 N–H and O–H groups in total. The Labute approximate surface area is 199 Å². The van der Waals surface area contributed by atoms with Gasteiger partial charge in [0.1, 0.15) is 0 Å². The highest BCUT2D eigenvalue weighted by molar-refractivity contribution is 7.90. The molecule has 7 heteroatoms. The third-order valence-electron chi connectivity index (χ3n) is 6.61. The van der Waals surface area contributed by atoms with Crippen LogP contribution in [0, 0.1) is 0 Å². The van der Waals surface area contributed by atoms with Crippen LogP contribution in [0.5, 0.6) is 0 Å². The van der Waals surface area contributed by atoms with Gasteiger partial charge < -0.3 is 4.90 Å². The van der Waals surface area contributed by atoms with E-state index in [4.69, 9.17) is 0 Å². The van der Waals surface area contributed by atoms with Gasteiger partial charge in [0.2, 0.25) is 0 Å². The highest BCUT2D eigenvalue weighted by Gasteiger charge is 2.32. The van der Waals surface area contributed by atoms with Crippen LogP contribution in [-0.4, -0.2) is 62.3 Å². The molecule has 1 saturated heterocycles. The standard InChI is InChI=1S/C27H26N2O4S/c1-34(32,33)20-12-10-19(11-13-20)18-28-14-5-15-29(17-16-28)27(31)24-9-4-8-23-25(24)21-6-2-3-7-22(21)26(23)30/h2-4,6-13H,5,14-18H2,1H3. The molecule has 0 saturated carbocycles. The topological polar surface area (TPSA) is 74.8 Å². The van der Waals surface area contributed by atoms with Gasteiger partial charge in [-0.25, -0.2) is 8.42 Å². The van der Waals surface area contributed by atoms with Crippen molar-refractivity contribution in [3.63, 3.8) is 0 Å². The lowest BCUT2D eigenvalue weighted by atomic mass is 9.98. The van der Waals surface area contributed by atoms with Crippen LogP contribution in [0.25, 0.3) is 11.1 Å². The summed E-state index contributed by atoms with van der Waals surface area (Å²) in [5.74, 6) is -0.0649. The zero-order chi connectivity index (χ0) is 23.9. The van der Waals surface area contributed by atoms with Crippen LogP contribution in [0.15, 0.2) is 71.6 Å². The molecule has 174 valence electrons. The molecule has 1 amide bonds. The Morgan fingerprint density at radius 3 is 2.26 bits per heavy atom. The average molecular weight is 475 g/mol. The predicted molar refractivity (Wildman–Crippen MR) is 131 cm³/mol. The van der Waals surface area contributed by atoms with Gasteiger partial charge >= 0.3 is 0 Å². The number of amides is 1. The molecule has 3 aromatic carbocycles. The second-order valence-corrected chi connectivity index (χ2v) is 11.0. The lowest BCUT2D eigenvalue weighted by Crippen LogP contribution is -2.35. The van der Waals surface area contributed by atoms with E-state index < -0.39 is 9.84 Å². The Morgan fingerprint density at radius 2 is 1.53 bits per heavy atom. The summed E-state index contributed by atoms with van der Waals surface area (Å²) < 4.78 is 23.4. The Morgan fingerprint density at radius 1 is 0.824 bits per heavy atom. The molecule has 34 heavy (non-hydrogen) atoms. The van der Waals surface area contributed by atoms with Gasteiger partial charge in [-0.2, -0.15) is 0 Å². The second-order valence-electron chi connectivity index (χ2n) is 8.94. The van der Waals surface area contributed by atoms with Crippen molar-refractivity contribution in [1.29, 1.82) is 0 Å². The lowest BCUT2D eigenvalue weighted by Gasteiger charge is -2.23. The Kier molecular flexibility index (Phi) is 5.83. The van der Waals surface area contributed by atoms with Crippen molar-refractivity contribution in [2.75, 3.05) is 32.4 Å². The predicted octanol–water partition coefficient (Wildman–Crippen LogP) is 3.65. The second kappa shape index (κ2) is 8.81. The zero-order valence-electron chi connectivity index (χ0n) is 19.0. The smallest absolute Gasteiger partial charge is 0.254 e. The summed E-state index contributed by atoms with van der Waals surface area (Å²) in [5.41, 5.74) is 4.46. The Bertz CT molecular complexity index is 1380. The molecule has 0 spiro atoms. The first-order chi connectivity index (χ1) is 16.3. The maximum atomic E-state index is 13.6. The highest BCUT2D eigenvalue weighted by Crippen LogP contribution is 2.39. The molecule has 0 radical (unpaired) electrons. The van der Waals surface area contributed by atoms with Gasteiger partial charge in [0.05, 0.1) is 4.90 Å². The molecule has 1 aliphatic carbocycles. The maximum absolute atomic E-state index is 13.6. The van der Waals surface area contributed by atoms with Crippen molar-refractivity contribution in [3.8, 4) is 11.1 Å². The van der Waals surface area contributed by atoms with Gasteiger partial charge in [0.15, 0.2) is 15.6 Å². The number of fused-ring (bicyclic) bond motifs is 3. The third kappa shape index (κ3) is 4.17. The van der Waals surface area contributed by atoms with E-state index in [1.54, 1.807) is 24.3 Å². The first-order valence-electron chi connectivity index (χ1n) is 11.4.